The number of ether oxygens (including phenoxy) is 1. The van der Waals surface area contributed by atoms with Gasteiger partial charge in [0.1, 0.15) is 5.60 Å². The van der Waals surface area contributed by atoms with E-state index < -0.39 is 5.60 Å². The number of esters is 1. The summed E-state index contributed by atoms with van der Waals surface area (Å²) in [5, 5.41) is 0. The van der Waals surface area contributed by atoms with Crippen LogP contribution in [0.3, 0.4) is 0 Å². The molecule has 1 aromatic rings. The number of halogens is 1. The van der Waals surface area contributed by atoms with Gasteiger partial charge in [0.25, 0.3) is 0 Å². The van der Waals surface area contributed by atoms with E-state index in [2.05, 4.69) is 0 Å². The van der Waals surface area contributed by atoms with Gasteiger partial charge >= 0.3 is 5.97 Å². The second kappa shape index (κ2) is 3.86. The summed E-state index contributed by atoms with van der Waals surface area (Å²) in [4.78, 5) is 11.1. The maximum Gasteiger partial charge on any atom is 0.306 e. The molecule has 0 N–H and O–H groups in total. The van der Waals surface area contributed by atoms with Crippen LogP contribution in [0.25, 0.3) is 0 Å². The van der Waals surface area contributed by atoms with Crippen LogP contribution in [0, 0.1) is 0 Å². The van der Waals surface area contributed by atoms with Crippen LogP contribution in [-0.4, -0.2) is 5.97 Å². The highest BCUT2D eigenvalue weighted by atomic mass is 35.5. The summed E-state index contributed by atoms with van der Waals surface area (Å²) in [6, 6.07) is 7.90. The molecule has 1 atom stereocenters. The summed E-state index contributed by atoms with van der Waals surface area (Å²) in [5.41, 5.74) is 1.63. The van der Waals surface area contributed by atoms with Gasteiger partial charge in [-0.2, -0.15) is 0 Å². The maximum atomic E-state index is 11.1. The van der Waals surface area contributed by atoms with E-state index in [1.54, 1.807) is 0 Å². The van der Waals surface area contributed by atoms with Gasteiger partial charge < -0.3 is 4.74 Å². The molecule has 1 saturated heterocycles. The molecular weight excluding hydrogens is 212 g/mol. The van der Waals surface area contributed by atoms with Crippen LogP contribution in [0.15, 0.2) is 24.3 Å². The molecule has 2 nitrogen and oxygen atoms in total. The van der Waals surface area contributed by atoms with Crippen LogP contribution in [0.2, 0.25) is 0 Å². The van der Waals surface area contributed by atoms with Crippen molar-refractivity contribution in [3.8, 4) is 0 Å². The fourth-order valence-corrected chi connectivity index (χ4v) is 2.05. The summed E-state index contributed by atoms with van der Waals surface area (Å²) < 4.78 is 5.35. The Kier molecular flexibility index (Phi) is 2.70. The zero-order valence-electron chi connectivity index (χ0n) is 8.63. The highest BCUT2D eigenvalue weighted by Crippen LogP contribution is 2.36. The first-order valence-corrected chi connectivity index (χ1v) is 5.55. The zero-order valence-corrected chi connectivity index (χ0v) is 9.38. The number of rotatable bonds is 2. The fourth-order valence-electron chi connectivity index (χ4n) is 1.88. The molecule has 1 aliphatic rings. The SMILES string of the molecule is CC1(c2cccc(CCl)c2)CCC(=O)O1. The topological polar surface area (TPSA) is 26.3 Å². The van der Waals surface area contributed by atoms with E-state index in [9.17, 15) is 4.79 Å². The van der Waals surface area contributed by atoms with Gasteiger partial charge in [-0.15, -0.1) is 11.6 Å². The number of carbonyl (C=O) groups is 1. The molecule has 0 saturated carbocycles. The first-order valence-electron chi connectivity index (χ1n) is 5.01. The van der Waals surface area contributed by atoms with Crippen LogP contribution in [0.5, 0.6) is 0 Å². The maximum absolute atomic E-state index is 11.1. The lowest BCUT2D eigenvalue weighted by Gasteiger charge is -2.23. The molecule has 0 spiro atoms. The Bertz CT molecular complexity index is 389. The molecule has 0 bridgehead atoms. The fraction of sp³-hybridized carbons (Fsp3) is 0.417. The van der Waals surface area contributed by atoms with Crippen molar-refractivity contribution in [1.82, 2.24) is 0 Å². The highest BCUT2D eigenvalue weighted by molar-refractivity contribution is 6.17. The van der Waals surface area contributed by atoms with Crippen molar-refractivity contribution < 1.29 is 9.53 Å². The van der Waals surface area contributed by atoms with Gasteiger partial charge in [0, 0.05) is 18.7 Å². The first kappa shape index (κ1) is 10.5. The molecule has 1 fully saturated rings. The Morgan fingerprint density at radius 2 is 2.33 bits per heavy atom. The quantitative estimate of drug-likeness (QED) is 0.570. The Labute approximate surface area is 94.2 Å². The lowest BCUT2D eigenvalue weighted by atomic mass is 9.92. The van der Waals surface area contributed by atoms with Crippen LogP contribution >= 0.6 is 11.6 Å². The third kappa shape index (κ3) is 2.00. The average Bonchev–Trinajstić information content (AvgIpc) is 2.60. The Morgan fingerprint density at radius 3 is 2.93 bits per heavy atom. The number of hydrogen-bond acceptors (Lipinski definition) is 2. The average molecular weight is 225 g/mol. The minimum Gasteiger partial charge on any atom is -0.454 e. The molecular formula is C12H13ClO2. The molecule has 3 heteroatoms. The Balaban J connectivity index is 2.32. The summed E-state index contributed by atoms with van der Waals surface area (Å²) in [6.45, 7) is 1.95. The second-order valence-electron chi connectivity index (χ2n) is 4.04. The molecule has 1 unspecified atom stereocenters. The summed E-state index contributed by atoms with van der Waals surface area (Å²) >= 11 is 5.77. The van der Waals surface area contributed by atoms with E-state index in [0.29, 0.717) is 12.3 Å². The molecule has 0 aromatic heterocycles. The van der Waals surface area contributed by atoms with E-state index in [1.165, 1.54) is 0 Å². The number of carbonyl (C=O) groups excluding carboxylic acids is 1. The molecule has 0 aliphatic carbocycles. The minimum atomic E-state index is -0.459. The van der Waals surface area contributed by atoms with Crippen molar-refractivity contribution in [2.24, 2.45) is 0 Å². The third-order valence-corrected chi connectivity index (χ3v) is 3.15. The predicted molar refractivity (Wildman–Crippen MR) is 58.7 cm³/mol. The van der Waals surface area contributed by atoms with Crippen molar-refractivity contribution in [3.63, 3.8) is 0 Å². The number of benzene rings is 1. The lowest BCUT2D eigenvalue weighted by Crippen LogP contribution is -2.20. The van der Waals surface area contributed by atoms with Crippen LogP contribution in [0.1, 0.15) is 30.9 Å². The van der Waals surface area contributed by atoms with Crippen LogP contribution < -0.4 is 0 Å². The van der Waals surface area contributed by atoms with Gasteiger partial charge in [0.05, 0.1) is 0 Å². The number of hydrogen-bond donors (Lipinski definition) is 0. The predicted octanol–water partition coefficient (Wildman–Crippen LogP) is 2.98. The van der Waals surface area contributed by atoms with Crippen molar-refractivity contribution >= 4 is 17.6 Å². The van der Waals surface area contributed by atoms with E-state index in [1.807, 2.05) is 31.2 Å². The smallest absolute Gasteiger partial charge is 0.306 e. The molecule has 80 valence electrons. The van der Waals surface area contributed by atoms with Gasteiger partial charge in [-0.3, -0.25) is 4.79 Å². The molecule has 2 rings (SSSR count). The zero-order chi connectivity index (χ0) is 10.9. The summed E-state index contributed by atoms with van der Waals surface area (Å²) in [6.07, 6.45) is 1.25. The summed E-state index contributed by atoms with van der Waals surface area (Å²) in [7, 11) is 0. The van der Waals surface area contributed by atoms with Crippen LogP contribution in [0.4, 0.5) is 0 Å². The van der Waals surface area contributed by atoms with Gasteiger partial charge in [0.15, 0.2) is 0 Å². The van der Waals surface area contributed by atoms with Gasteiger partial charge in [-0.05, 0) is 18.1 Å². The van der Waals surface area contributed by atoms with Crippen molar-refractivity contribution in [2.75, 3.05) is 0 Å². The molecule has 15 heavy (non-hydrogen) atoms. The van der Waals surface area contributed by atoms with Crippen molar-refractivity contribution in [3.05, 3.63) is 35.4 Å². The molecule has 0 radical (unpaired) electrons. The highest BCUT2D eigenvalue weighted by Gasteiger charge is 2.37. The minimum absolute atomic E-state index is 0.117. The lowest BCUT2D eigenvalue weighted by molar-refractivity contribution is -0.147. The molecule has 1 aromatic carbocycles. The normalized spacial score (nSPS) is 25.3. The largest absolute Gasteiger partial charge is 0.454 e. The van der Waals surface area contributed by atoms with E-state index >= 15 is 0 Å². The number of cyclic esters (lactones) is 1. The van der Waals surface area contributed by atoms with Gasteiger partial charge in [-0.1, -0.05) is 24.3 Å². The van der Waals surface area contributed by atoms with Crippen molar-refractivity contribution in [1.29, 1.82) is 0 Å². The standard InChI is InChI=1S/C12H13ClO2/c1-12(6-5-11(14)15-12)10-4-2-3-9(7-10)8-13/h2-4,7H,5-6,8H2,1H3. The molecule has 1 heterocycles. The van der Waals surface area contributed by atoms with Gasteiger partial charge in [-0.25, -0.2) is 0 Å². The number of alkyl halides is 1. The van der Waals surface area contributed by atoms with E-state index in [0.717, 1.165) is 17.5 Å². The third-order valence-electron chi connectivity index (χ3n) is 2.84. The van der Waals surface area contributed by atoms with Crippen LogP contribution in [-0.2, 0) is 21.0 Å². The van der Waals surface area contributed by atoms with E-state index in [4.69, 9.17) is 16.3 Å². The monoisotopic (exact) mass is 224 g/mol. The van der Waals surface area contributed by atoms with Gasteiger partial charge in [0.2, 0.25) is 0 Å². The molecule has 0 amide bonds. The molecule has 1 aliphatic heterocycles. The summed E-state index contributed by atoms with van der Waals surface area (Å²) in [5.74, 6) is 0.367. The second-order valence-corrected chi connectivity index (χ2v) is 4.31. The first-order chi connectivity index (χ1) is 7.14. The Hall–Kier alpha value is -1.02. The van der Waals surface area contributed by atoms with Crippen molar-refractivity contribution in [2.45, 2.75) is 31.2 Å². The van der Waals surface area contributed by atoms with E-state index in [-0.39, 0.29) is 5.97 Å². The Morgan fingerprint density at radius 1 is 1.53 bits per heavy atom.